The molecule has 0 aliphatic carbocycles. The van der Waals surface area contributed by atoms with E-state index in [1.165, 1.54) is 0 Å². The van der Waals surface area contributed by atoms with Crippen molar-refractivity contribution in [1.29, 1.82) is 0 Å². The van der Waals surface area contributed by atoms with E-state index in [-0.39, 0.29) is 3.91 Å². The van der Waals surface area contributed by atoms with E-state index in [1.807, 2.05) is 30.3 Å². The summed E-state index contributed by atoms with van der Waals surface area (Å²) in [5, 5.41) is 2.65. The Morgan fingerprint density at radius 2 is 1.90 bits per heavy atom. The number of anilines is 1. The molecule has 52 valence electrons. The fraction of sp³-hybridized carbons (Fsp3) is 0. The summed E-state index contributed by atoms with van der Waals surface area (Å²) in [5.41, 5.74) is 0.835. The summed E-state index contributed by atoms with van der Waals surface area (Å²) < 4.78 is -0.0659. The van der Waals surface area contributed by atoms with Gasteiger partial charge < -0.3 is 5.32 Å². The first-order valence-corrected chi connectivity index (χ1v) is 3.88. The molecule has 0 aliphatic heterocycles. The number of para-hydroxylation sites is 1. The van der Waals surface area contributed by atoms with Gasteiger partial charge in [-0.3, -0.25) is 4.79 Å². The van der Waals surface area contributed by atoms with Gasteiger partial charge in [-0.2, -0.15) is 0 Å². The molecule has 0 unspecified atom stereocenters. The van der Waals surface area contributed by atoms with Gasteiger partial charge in [0.2, 0.25) is 0 Å². The highest BCUT2D eigenvalue weighted by Gasteiger charge is 1.91. The molecule has 3 heteroatoms. The number of hydrogen-bond donors (Lipinski definition) is 1. The van der Waals surface area contributed by atoms with Crippen molar-refractivity contribution in [3.05, 3.63) is 30.3 Å². The van der Waals surface area contributed by atoms with Crippen molar-refractivity contribution in [2.45, 2.75) is 0 Å². The second-order valence-corrected chi connectivity index (χ2v) is 2.74. The van der Waals surface area contributed by atoms with Crippen LogP contribution in [0, 0.1) is 0 Å². The fourth-order valence-corrected chi connectivity index (χ4v) is 0.946. The molecule has 0 bridgehead atoms. The maximum atomic E-state index is 10.5. The van der Waals surface area contributed by atoms with Crippen molar-refractivity contribution in [2.75, 3.05) is 5.32 Å². The summed E-state index contributed by atoms with van der Waals surface area (Å²) in [6, 6.07) is 9.35. The second-order valence-electron chi connectivity index (χ2n) is 1.76. The van der Waals surface area contributed by atoms with Gasteiger partial charge in [-0.1, -0.05) is 18.2 Å². The number of carbonyl (C=O) groups is 1. The predicted octanol–water partition coefficient (Wildman–Crippen LogP) is 2.65. The second kappa shape index (κ2) is 3.55. The van der Waals surface area contributed by atoms with Crippen LogP contribution in [0.1, 0.15) is 0 Å². The molecule has 0 spiro atoms. The molecule has 1 rings (SSSR count). The van der Waals surface area contributed by atoms with E-state index in [2.05, 4.69) is 5.32 Å². The standard InChI is InChI=1S/C7H6INO/c8-7(10)9-6-4-2-1-3-5-6/h1-5H,(H,9,10). The quantitative estimate of drug-likeness (QED) is 0.461. The van der Waals surface area contributed by atoms with Crippen LogP contribution in [0.15, 0.2) is 30.3 Å². The van der Waals surface area contributed by atoms with Gasteiger partial charge in [0.05, 0.1) is 0 Å². The summed E-state index contributed by atoms with van der Waals surface area (Å²) in [7, 11) is 0. The molecule has 0 saturated carbocycles. The first-order valence-electron chi connectivity index (χ1n) is 2.80. The average molecular weight is 247 g/mol. The van der Waals surface area contributed by atoms with E-state index >= 15 is 0 Å². The monoisotopic (exact) mass is 247 g/mol. The number of hydrogen-bond acceptors (Lipinski definition) is 1. The van der Waals surface area contributed by atoms with Crippen molar-refractivity contribution in [1.82, 2.24) is 0 Å². The lowest BCUT2D eigenvalue weighted by molar-refractivity contribution is 0.272. The summed E-state index contributed by atoms with van der Waals surface area (Å²) in [6.45, 7) is 0. The van der Waals surface area contributed by atoms with Gasteiger partial charge in [0.1, 0.15) is 0 Å². The third-order valence-corrected chi connectivity index (χ3v) is 1.29. The molecule has 1 amide bonds. The molecule has 0 saturated heterocycles. The summed E-state index contributed by atoms with van der Waals surface area (Å²) in [4.78, 5) is 10.5. The molecular formula is C7H6INO. The minimum Gasteiger partial charge on any atom is -0.317 e. The van der Waals surface area contributed by atoms with Gasteiger partial charge >= 0.3 is 0 Å². The van der Waals surface area contributed by atoms with Crippen molar-refractivity contribution in [3.8, 4) is 0 Å². The van der Waals surface area contributed by atoms with Crippen LogP contribution in [0.2, 0.25) is 0 Å². The van der Waals surface area contributed by atoms with Gasteiger partial charge in [-0.15, -0.1) is 0 Å². The van der Waals surface area contributed by atoms with Gasteiger partial charge in [-0.25, -0.2) is 0 Å². The lowest BCUT2D eigenvalue weighted by Gasteiger charge is -1.97. The topological polar surface area (TPSA) is 29.1 Å². The van der Waals surface area contributed by atoms with E-state index in [4.69, 9.17) is 0 Å². The summed E-state index contributed by atoms with van der Waals surface area (Å²) >= 11 is 1.70. The third-order valence-electron chi connectivity index (χ3n) is 1.02. The van der Waals surface area contributed by atoms with E-state index in [9.17, 15) is 4.79 Å². The number of halogens is 1. The van der Waals surface area contributed by atoms with Crippen LogP contribution in [0.4, 0.5) is 10.5 Å². The summed E-state index contributed by atoms with van der Waals surface area (Å²) in [5.74, 6) is 0. The first-order chi connectivity index (χ1) is 4.79. The molecule has 0 aliphatic rings. The van der Waals surface area contributed by atoms with Crippen LogP contribution in [0.5, 0.6) is 0 Å². The normalized spacial score (nSPS) is 8.90. The van der Waals surface area contributed by atoms with Crippen LogP contribution in [0.3, 0.4) is 0 Å². The maximum Gasteiger partial charge on any atom is 0.284 e. The Morgan fingerprint density at radius 3 is 2.40 bits per heavy atom. The number of rotatable bonds is 1. The van der Waals surface area contributed by atoms with Crippen LogP contribution in [-0.4, -0.2) is 3.91 Å². The zero-order valence-corrected chi connectivity index (χ0v) is 7.33. The highest BCUT2D eigenvalue weighted by Crippen LogP contribution is 2.06. The maximum absolute atomic E-state index is 10.5. The van der Waals surface area contributed by atoms with Crippen LogP contribution >= 0.6 is 22.6 Å². The van der Waals surface area contributed by atoms with Gasteiger partial charge in [0.15, 0.2) is 0 Å². The molecule has 0 aromatic heterocycles. The molecule has 1 N–H and O–H groups in total. The van der Waals surface area contributed by atoms with Gasteiger partial charge in [0.25, 0.3) is 3.91 Å². The zero-order valence-electron chi connectivity index (χ0n) is 5.17. The largest absolute Gasteiger partial charge is 0.317 e. The van der Waals surface area contributed by atoms with Crippen molar-refractivity contribution >= 4 is 32.2 Å². The molecule has 2 nitrogen and oxygen atoms in total. The van der Waals surface area contributed by atoms with E-state index in [1.54, 1.807) is 22.6 Å². The van der Waals surface area contributed by atoms with Gasteiger partial charge in [0, 0.05) is 28.3 Å². The molecule has 10 heavy (non-hydrogen) atoms. The van der Waals surface area contributed by atoms with E-state index in [0.717, 1.165) is 5.69 Å². The van der Waals surface area contributed by atoms with Gasteiger partial charge in [-0.05, 0) is 12.1 Å². The predicted molar refractivity (Wildman–Crippen MR) is 49.5 cm³/mol. The highest BCUT2D eigenvalue weighted by atomic mass is 127. The van der Waals surface area contributed by atoms with E-state index < -0.39 is 0 Å². The van der Waals surface area contributed by atoms with Crippen LogP contribution in [0.25, 0.3) is 0 Å². The molecular weight excluding hydrogens is 241 g/mol. The number of nitrogens with one attached hydrogen (secondary N) is 1. The lowest BCUT2D eigenvalue weighted by Crippen LogP contribution is -1.98. The third kappa shape index (κ3) is 2.34. The van der Waals surface area contributed by atoms with Crippen molar-refractivity contribution in [3.63, 3.8) is 0 Å². The molecule has 0 heterocycles. The molecule has 1 aromatic carbocycles. The molecule has 1 aromatic rings. The highest BCUT2D eigenvalue weighted by molar-refractivity contribution is 14.1. The number of carbonyl (C=O) groups excluding carboxylic acids is 1. The number of benzene rings is 1. The first kappa shape index (κ1) is 7.53. The molecule has 0 radical (unpaired) electrons. The summed E-state index contributed by atoms with van der Waals surface area (Å²) in [6.07, 6.45) is 0. The van der Waals surface area contributed by atoms with Crippen molar-refractivity contribution < 1.29 is 4.79 Å². The minimum atomic E-state index is -0.0659. The van der Waals surface area contributed by atoms with Crippen LogP contribution in [-0.2, 0) is 0 Å². The minimum absolute atomic E-state index is 0.0659. The average Bonchev–Trinajstić information content (AvgIpc) is 1.88. The molecule has 0 fully saturated rings. The van der Waals surface area contributed by atoms with Crippen molar-refractivity contribution in [2.24, 2.45) is 0 Å². The Bertz CT molecular complexity index is 222. The SMILES string of the molecule is O=C(I)Nc1ccccc1. The fourth-order valence-electron chi connectivity index (χ4n) is 0.635. The Morgan fingerprint density at radius 1 is 1.30 bits per heavy atom. The zero-order chi connectivity index (χ0) is 7.40. The Balaban J connectivity index is 2.67. The Hall–Kier alpha value is -0.580. The molecule has 0 atom stereocenters. The Labute approximate surface area is 72.8 Å². The van der Waals surface area contributed by atoms with E-state index in [0.29, 0.717) is 0 Å². The smallest absolute Gasteiger partial charge is 0.284 e. The number of amides is 1. The lowest BCUT2D eigenvalue weighted by atomic mass is 10.3. The Kier molecular flexibility index (Phi) is 2.68. The van der Waals surface area contributed by atoms with Crippen LogP contribution < -0.4 is 5.32 Å².